The Morgan fingerprint density at radius 1 is 1.00 bits per heavy atom. The van der Waals surface area contributed by atoms with E-state index < -0.39 is 24.5 Å². The summed E-state index contributed by atoms with van der Waals surface area (Å²) in [5, 5.41) is 0. The molecule has 0 atom stereocenters. The molecule has 0 radical (unpaired) electrons. The van der Waals surface area contributed by atoms with Crippen LogP contribution in [0.2, 0.25) is 0 Å². The van der Waals surface area contributed by atoms with Gasteiger partial charge in [-0.1, -0.05) is 0 Å². The standard InChI is InChI=1S/C3H3F5.C2HF3/c1-2(4,5)3(6,7)8;3-1-2(4)5/h1H3;1H. The second kappa shape index (κ2) is 5.03. The summed E-state index contributed by atoms with van der Waals surface area (Å²) in [5.41, 5.74) is 0. The molecule has 0 saturated carbocycles. The SMILES string of the molecule is CC(F)(F)C(F)(F)F.FC=C(F)F. The highest BCUT2D eigenvalue weighted by Gasteiger charge is 2.52. The van der Waals surface area contributed by atoms with Gasteiger partial charge in [0.05, 0.1) is 0 Å². The highest BCUT2D eigenvalue weighted by Crippen LogP contribution is 2.34. The fourth-order valence-corrected chi connectivity index (χ4v) is 0. The van der Waals surface area contributed by atoms with Crippen LogP contribution in [-0.2, 0) is 0 Å². The first-order valence-corrected chi connectivity index (χ1v) is 2.58. The molecule has 8 heteroatoms. The monoisotopic (exact) mass is 216 g/mol. The van der Waals surface area contributed by atoms with E-state index in [2.05, 4.69) is 0 Å². The maximum atomic E-state index is 11.1. The van der Waals surface area contributed by atoms with Gasteiger partial charge in [0.2, 0.25) is 0 Å². The Morgan fingerprint density at radius 3 is 1.15 bits per heavy atom. The van der Waals surface area contributed by atoms with Crippen LogP contribution in [0.3, 0.4) is 0 Å². The number of hydrogen-bond acceptors (Lipinski definition) is 0. The van der Waals surface area contributed by atoms with E-state index in [0.717, 1.165) is 0 Å². The molecule has 80 valence electrons. The van der Waals surface area contributed by atoms with Gasteiger partial charge < -0.3 is 0 Å². The van der Waals surface area contributed by atoms with Gasteiger partial charge in [0, 0.05) is 6.92 Å². The lowest BCUT2D eigenvalue weighted by Gasteiger charge is -2.12. The molecule has 0 rings (SSSR count). The van der Waals surface area contributed by atoms with Crippen molar-refractivity contribution in [3.05, 3.63) is 12.4 Å². The van der Waals surface area contributed by atoms with Crippen molar-refractivity contribution in [2.75, 3.05) is 0 Å². The molecule has 13 heavy (non-hydrogen) atoms. The fraction of sp³-hybridized carbons (Fsp3) is 0.600. The molecule has 0 nitrogen and oxygen atoms in total. The number of rotatable bonds is 0. The van der Waals surface area contributed by atoms with E-state index in [0.29, 0.717) is 0 Å². The predicted molar refractivity (Wildman–Crippen MR) is 28.1 cm³/mol. The lowest BCUT2D eigenvalue weighted by molar-refractivity contribution is -0.273. The molecule has 0 unspecified atom stereocenters. The van der Waals surface area contributed by atoms with E-state index in [-0.39, 0.29) is 6.92 Å². The van der Waals surface area contributed by atoms with Crippen LogP contribution in [0.1, 0.15) is 6.92 Å². The Balaban J connectivity index is 0. The van der Waals surface area contributed by atoms with Gasteiger partial charge in [0.25, 0.3) is 6.08 Å². The minimum atomic E-state index is -5.40. The van der Waals surface area contributed by atoms with Gasteiger partial charge in [-0.25, -0.2) is 4.39 Å². The molecule has 0 aromatic rings. The van der Waals surface area contributed by atoms with Crippen LogP contribution < -0.4 is 0 Å². The summed E-state index contributed by atoms with van der Waals surface area (Å²) in [7, 11) is 0. The second-order valence-corrected chi connectivity index (χ2v) is 1.78. The third-order valence-electron chi connectivity index (χ3n) is 0.580. The van der Waals surface area contributed by atoms with Crippen LogP contribution in [-0.4, -0.2) is 12.1 Å². The second-order valence-electron chi connectivity index (χ2n) is 1.78. The van der Waals surface area contributed by atoms with Crippen LogP contribution >= 0.6 is 0 Å². The Hall–Kier alpha value is -0.820. The van der Waals surface area contributed by atoms with Crippen LogP contribution in [0, 0.1) is 0 Å². The molecular formula is C5H4F8. The van der Waals surface area contributed by atoms with E-state index in [1.807, 2.05) is 0 Å². The topological polar surface area (TPSA) is 0 Å². The molecule has 0 aliphatic heterocycles. The van der Waals surface area contributed by atoms with Crippen molar-refractivity contribution in [2.24, 2.45) is 0 Å². The molecule has 0 bridgehead atoms. The molecule has 0 N–H and O–H groups in total. The minimum Gasteiger partial charge on any atom is -0.210 e. The maximum Gasteiger partial charge on any atom is 0.452 e. The molecule has 0 fully saturated rings. The van der Waals surface area contributed by atoms with Crippen molar-refractivity contribution in [1.82, 2.24) is 0 Å². The Morgan fingerprint density at radius 2 is 1.15 bits per heavy atom. The van der Waals surface area contributed by atoms with E-state index >= 15 is 0 Å². The summed E-state index contributed by atoms with van der Waals surface area (Å²) in [6, 6.07) is 0. The molecule has 0 spiro atoms. The zero-order valence-corrected chi connectivity index (χ0v) is 6.10. The van der Waals surface area contributed by atoms with Crippen molar-refractivity contribution < 1.29 is 35.1 Å². The lowest BCUT2D eigenvalue weighted by atomic mass is 10.4. The van der Waals surface area contributed by atoms with Gasteiger partial charge in [-0.15, -0.1) is 0 Å². The molecule has 0 heterocycles. The average molecular weight is 216 g/mol. The van der Waals surface area contributed by atoms with Crippen LogP contribution in [0.25, 0.3) is 0 Å². The van der Waals surface area contributed by atoms with E-state index in [4.69, 9.17) is 0 Å². The third kappa shape index (κ3) is 9.09. The third-order valence-corrected chi connectivity index (χ3v) is 0.580. The van der Waals surface area contributed by atoms with Gasteiger partial charge in [-0.05, 0) is 0 Å². The highest BCUT2D eigenvalue weighted by molar-refractivity contribution is 4.67. The van der Waals surface area contributed by atoms with Gasteiger partial charge >= 0.3 is 12.1 Å². The highest BCUT2D eigenvalue weighted by atomic mass is 19.4. The molecular weight excluding hydrogens is 212 g/mol. The molecule has 0 saturated heterocycles. The maximum absolute atomic E-state index is 11.1. The molecule has 0 aliphatic carbocycles. The summed E-state index contributed by atoms with van der Waals surface area (Å²) in [6.07, 6.45) is -8.43. The van der Waals surface area contributed by atoms with Crippen LogP contribution in [0.4, 0.5) is 35.1 Å². The quantitative estimate of drug-likeness (QED) is 0.538. The molecule has 0 amide bonds. The summed E-state index contributed by atoms with van der Waals surface area (Å²) in [4.78, 5) is 0. The molecule has 0 aromatic carbocycles. The predicted octanol–water partition coefficient (Wildman–Crippen LogP) is 3.90. The Labute approximate surface area is 67.8 Å². The molecule has 0 aliphatic rings. The average Bonchev–Trinajstić information content (AvgIpc) is 1.84. The van der Waals surface area contributed by atoms with E-state index in [1.165, 1.54) is 0 Å². The first kappa shape index (κ1) is 14.7. The van der Waals surface area contributed by atoms with Gasteiger partial charge in [-0.2, -0.15) is 30.7 Å². The van der Waals surface area contributed by atoms with Crippen LogP contribution in [0.5, 0.6) is 0 Å². The van der Waals surface area contributed by atoms with Crippen molar-refractivity contribution in [2.45, 2.75) is 19.0 Å². The zero-order valence-electron chi connectivity index (χ0n) is 6.10. The summed E-state index contributed by atoms with van der Waals surface area (Å²) < 4.78 is 85.3. The minimum absolute atomic E-state index is 0.188. The largest absolute Gasteiger partial charge is 0.452 e. The first-order chi connectivity index (χ1) is 5.52. The summed E-state index contributed by atoms with van der Waals surface area (Å²) in [6.45, 7) is -0.188. The van der Waals surface area contributed by atoms with Gasteiger partial charge in [-0.3, -0.25) is 0 Å². The Bertz CT molecular complexity index is 144. The van der Waals surface area contributed by atoms with Crippen LogP contribution in [0.15, 0.2) is 12.4 Å². The number of hydrogen-bond donors (Lipinski definition) is 0. The zero-order chi connectivity index (χ0) is 11.3. The number of alkyl halides is 5. The van der Waals surface area contributed by atoms with Crippen molar-refractivity contribution in [1.29, 1.82) is 0 Å². The van der Waals surface area contributed by atoms with E-state index in [9.17, 15) is 35.1 Å². The van der Waals surface area contributed by atoms with Crippen molar-refractivity contribution in [3.8, 4) is 0 Å². The van der Waals surface area contributed by atoms with Gasteiger partial charge in [0.15, 0.2) is 6.33 Å². The van der Waals surface area contributed by atoms with Gasteiger partial charge in [0.1, 0.15) is 0 Å². The van der Waals surface area contributed by atoms with Crippen molar-refractivity contribution >= 4 is 0 Å². The smallest absolute Gasteiger partial charge is 0.210 e. The number of halogens is 8. The fourth-order valence-electron chi connectivity index (χ4n) is 0. The van der Waals surface area contributed by atoms with Crippen molar-refractivity contribution in [3.63, 3.8) is 0 Å². The van der Waals surface area contributed by atoms with E-state index in [1.54, 1.807) is 0 Å². The Kier molecular flexibility index (Phi) is 5.68. The first-order valence-electron chi connectivity index (χ1n) is 2.58. The normalized spacial score (nSPS) is 11.5. The summed E-state index contributed by atoms with van der Waals surface area (Å²) >= 11 is 0. The summed E-state index contributed by atoms with van der Waals surface area (Å²) in [5.74, 6) is -4.56. The lowest BCUT2D eigenvalue weighted by Crippen LogP contribution is -2.32. The molecule has 0 aromatic heterocycles.